The second-order valence-corrected chi connectivity index (χ2v) is 4.51. The molecule has 0 unspecified atom stereocenters. The van der Waals surface area contributed by atoms with Crippen molar-refractivity contribution in [1.29, 1.82) is 0 Å². The predicted octanol–water partition coefficient (Wildman–Crippen LogP) is 1.55. The Morgan fingerprint density at radius 2 is 2.09 bits per heavy atom. The van der Waals surface area contributed by atoms with Gasteiger partial charge in [0.25, 0.3) is 11.5 Å². The lowest BCUT2D eigenvalue weighted by molar-refractivity contribution is 0.0953. The summed E-state index contributed by atoms with van der Waals surface area (Å²) >= 11 is 0. The van der Waals surface area contributed by atoms with Gasteiger partial charge in [0.1, 0.15) is 11.3 Å². The van der Waals surface area contributed by atoms with Crippen LogP contribution in [0.15, 0.2) is 52.5 Å². The van der Waals surface area contributed by atoms with Gasteiger partial charge in [0.05, 0.1) is 12.8 Å². The first-order chi connectivity index (χ1) is 10.6. The fourth-order valence-corrected chi connectivity index (χ4v) is 1.86. The minimum atomic E-state index is -0.550. The number of pyridine rings is 1. The van der Waals surface area contributed by atoms with E-state index in [-0.39, 0.29) is 11.1 Å². The van der Waals surface area contributed by atoms with Crippen LogP contribution in [0.4, 0.5) is 0 Å². The average molecular weight is 299 g/mol. The molecular formula is C16H17N3O3. The number of nitrogens with one attached hydrogen (secondary N) is 1. The number of hydrogen-bond acceptors (Lipinski definition) is 4. The Morgan fingerprint density at radius 1 is 1.32 bits per heavy atom. The highest BCUT2D eigenvalue weighted by Crippen LogP contribution is 2.15. The van der Waals surface area contributed by atoms with Crippen molar-refractivity contribution >= 4 is 12.1 Å². The molecule has 1 heterocycles. The van der Waals surface area contributed by atoms with Crippen LogP contribution in [-0.2, 0) is 7.05 Å². The zero-order valence-electron chi connectivity index (χ0n) is 12.4. The lowest BCUT2D eigenvalue weighted by Gasteiger charge is -2.06. The molecule has 114 valence electrons. The smallest absolute Gasteiger partial charge is 0.276 e. The molecule has 1 aromatic carbocycles. The quantitative estimate of drug-likeness (QED) is 0.672. The van der Waals surface area contributed by atoms with Gasteiger partial charge in [-0.25, -0.2) is 5.43 Å². The molecule has 0 bridgehead atoms. The Labute approximate surface area is 128 Å². The molecule has 0 fully saturated rings. The van der Waals surface area contributed by atoms with Crippen molar-refractivity contribution < 1.29 is 9.53 Å². The normalized spacial score (nSPS) is 10.6. The minimum absolute atomic E-state index is 0.0419. The largest absolute Gasteiger partial charge is 0.493 e. The van der Waals surface area contributed by atoms with Gasteiger partial charge in [-0.15, -0.1) is 0 Å². The summed E-state index contributed by atoms with van der Waals surface area (Å²) in [6, 6.07) is 10.4. The number of aryl methyl sites for hydroxylation is 1. The van der Waals surface area contributed by atoms with E-state index in [4.69, 9.17) is 4.74 Å². The molecular weight excluding hydrogens is 282 g/mol. The number of rotatable bonds is 5. The monoisotopic (exact) mass is 299 g/mol. The third-order valence-electron chi connectivity index (χ3n) is 2.96. The minimum Gasteiger partial charge on any atom is -0.493 e. The van der Waals surface area contributed by atoms with Crippen molar-refractivity contribution in [3.63, 3.8) is 0 Å². The predicted molar refractivity (Wildman–Crippen MR) is 84.4 cm³/mol. The van der Waals surface area contributed by atoms with Crippen LogP contribution >= 0.6 is 0 Å². The first-order valence-electron chi connectivity index (χ1n) is 6.84. The van der Waals surface area contributed by atoms with Crippen LogP contribution in [0.2, 0.25) is 0 Å². The Kier molecular flexibility index (Phi) is 5.08. The molecule has 0 aliphatic rings. The summed E-state index contributed by atoms with van der Waals surface area (Å²) in [5.41, 5.74) is 2.76. The molecule has 6 nitrogen and oxygen atoms in total. The van der Waals surface area contributed by atoms with E-state index in [2.05, 4.69) is 10.5 Å². The molecule has 1 N–H and O–H groups in total. The van der Waals surface area contributed by atoms with E-state index >= 15 is 0 Å². The van der Waals surface area contributed by atoms with E-state index in [9.17, 15) is 9.59 Å². The number of nitrogens with zero attached hydrogens (tertiary/aromatic N) is 2. The Balaban J connectivity index is 2.11. The second kappa shape index (κ2) is 7.21. The summed E-state index contributed by atoms with van der Waals surface area (Å²) in [4.78, 5) is 23.8. The van der Waals surface area contributed by atoms with Gasteiger partial charge in [-0.05, 0) is 31.2 Å². The van der Waals surface area contributed by atoms with Crippen molar-refractivity contribution in [2.24, 2.45) is 12.1 Å². The highest BCUT2D eigenvalue weighted by atomic mass is 16.5. The van der Waals surface area contributed by atoms with Gasteiger partial charge in [-0.2, -0.15) is 5.10 Å². The molecule has 0 saturated carbocycles. The van der Waals surface area contributed by atoms with Gasteiger partial charge >= 0.3 is 0 Å². The van der Waals surface area contributed by atoms with Gasteiger partial charge in [-0.1, -0.05) is 12.1 Å². The molecule has 0 aliphatic carbocycles. The topological polar surface area (TPSA) is 72.7 Å². The van der Waals surface area contributed by atoms with Gasteiger partial charge in [0.2, 0.25) is 0 Å². The van der Waals surface area contributed by atoms with Crippen LogP contribution < -0.4 is 15.7 Å². The van der Waals surface area contributed by atoms with Crippen LogP contribution in [-0.4, -0.2) is 23.3 Å². The van der Waals surface area contributed by atoms with E-state index < -0.39 is 5.91 Å². The fourth-order valence-electron chi connectivity index (χ4n) is 1.86. The van der Waals surface area contributed by atoms with Crippen molar-refractivity contribution in [2.45, 2.75) is 6.92 Å². The zero-order chi connectivity index (χ0) is 15.9. The van der Waals surface area contributed by atoms with Crippen molar-refractivity contribution in [2.75, 3.05) is 6.61 Å². The molecule has 1 amide bonds. The highest BCUT2D eigenvalue weighted by molar-refractivity contribution is 5.94. The van der Waals surface area contributed by atoms with Crippen LogP contribution in [0, 0.1) is 0 Å². The van der Waals surface area contributed by atoms with Gasteiger partial charge in [0, 0.05) is 18.8 Å². The molecule has 2 aromatic rings. The summed E-state index contributed by atoms with van der Waals surface area (Å²) in [5.74, 6) is 0.130. The molecule has 6 heteroatoms. The standard InChI is InChI=1S/C16H17N3O3/c1-3-22-14-9-5-4-7-12(14)11-17-18-15(20)13-8-6-10-19(2)16(13)21/h4-11H,3H2,1-2H3,(H,18,20)/b17-11-. The number of para-hydroxylation sites is 1. The number of benzene rings is 1. The molecule has 0 spiro atoms. The van der Waals surface area contributed by atoms with E-state index in [1.807, 2.05) is 31.2 Å². The summed E-state index contributed by atoms with van der Waals surface area (Å²) in [6.45, 7) is 2.43. The maximum absolute atomic E-state index is 11.9. The lowest BCUT2D eigenvalue weighted by Crippen LogP contribution is -2.29. The second-order valence-electron chi connectivity index (χ2n) is 4.51. The highest BCUT2D eigenvalue weighted by Gasteiger charge is 2.09. The number of hydrazone groups is 1. The number of carbonyl (C=O) groups excluding carboxylic acids is 1. The number of aromatic nitrogens is 1. The number of amides is 1. The fraction of sp³-hybridized carbons (Fsp3) is 0.188. The van der Waals surface area contributed by atoms with E-state index in [0.29, 0.717) is 12.4 Å². The Bertz CT molecular complexity index is 750. The first-order valence-corrected chi connectivity index (χ1v) is 6.84. The third kappa shape index (κ3) is 3.60. The molecule has 0 saturated heterocycles. The Morgan fingerprint density at radius 3 is 2.86 bits per heavy atom. The number of hydrogen-bond donors (Lipinski definition) is 1. The maximum atomic E-state index is 11.9. The van der Waals surface area contributed by atoms with E-state index in [0.717, 1.165) is 5.56 Å². The van der Waals surface area contributed by atoms with E-state index in [1.165, 1.54) is 16.8 Å². The number of ether oxygens (including phenoxy) is 1. The first kappa shape index (κ1) is 15.5. The van der Waals surface area contributed by atoms with Gasteiger partial charge < -0.3 is 9.30 Å². The SMILES string of the molecule is CCOc1ccccc1/C=N\NC(=O)c1cccn(C)c1=O. The zero-order valence-corrected chi connectivity index (χ0v) is 12.4. The maximum Gasteiger partial charge on any atom is 0.276 e. The molecule has 1 aromatic heterocycles. The van der Waals surface area contributed by atoms with E-state index in [1.54, 1.807) is 19.3 Å². The third-order valence-corrected chi connectivity index (χ3v) is 2.96. The van der Waals surface area contributed by atoms with Crippen LogP contribution in [0.5, 0.6) is 5.75 Å². The van der Waals surface area contributed by atoms with Gasteiger partial charge in [0.15, 0.2) is 0 Å². The molecule has 22 heavy (non-hydrogen) atoms. The van der Waals surface area contributed by atoms with Crippen LogP contribution in [0.3, 0.4) is 0 Å². The van der Waals surface area contributed by atoms with Crippen LogP contribution in [0.1, 0.15) is 22.8 Å². The van der Waals surface area contributed by atoms with Crippen molar-refractivity contribution in [1.82, 2.24) is 9.99 Å². The molecule has 0 aliphatic heterocycles. The summed E-state index contributed by atoms with van der Waals surface area (Å²) < 4.78 is 6.79. The van der Waals surface area contributed by atoms with Crippen molar-refractivity contribution in [3.8, 4) is 5.75 Å². The van der Waals surface area contributed by atoms with Gasteiger partial charge in [-0.3, -0.25) is 9.59 Å². The molecule has 2 rings (SSSR count). The molecule has 0 radical (unpaired) electrons. The Hall–Kier alpha value is -2.89. The molecule has 0 atom stereocenters. The lowest BCUT2D eigenvalue weighted by atomic mass is 10.2. The summed E-state index contributed by atoms with van der Waals surface area (Å²) in [7, 11) is 1.58. The summed E-state index contributed by atoms with van der Waals surface area (Å²) in [5, 5.41) is 3.88. The van der Waals surface area contributed by atoms with Crippen LogP contribution in [0.25, 0.3) is 0 Å². The van der Waals surface area contributed by atoms with Crippen molar-refractivity contribution in [3.05, 3.63) is 64.1 Å². The summed E-state index contributed by atoms with van der Waals surface area (Å²) in [6.07, 6.45) is 3.07. The number of carbonyl (C=O) groups is 1. The average Bonchev–Trinajstić information content (AvgIpc) is 2.52.